The standard InChI is InChI=1S/C13H14N2O2S/c1-8-9(2)17-12(15-8)7-14-13(16)10-5-3-4-6-11(10)18/h3-6,18H,7H2,1-2H3,(H,14,16). The lowest BCUT2D eigenvalue weighted by Crippen LogP contribution is -2.23. The second-order valence-corrected chi connectivity index (χ2v) is 4.43. The smallest absolute Gasteiger partial charge is 0.252 e. The van der Waals surface area contributed by atoms with E-state index in [1.165, 1.54) is 0 Å². The number of amides is 1. The van der Waals surface area contributed by atoms with Gasteiger partial charge in [0.2, 0.25) is 5.89 Å². The molecule has 1 N–H and O–H groups in total. The van der Waals surface area contributed by atoms with Crippen molar-refractivity contribution in [3.63, 3.8) is 0 Å². The predicted octanol–water partition coefficient (Wildman–Crippen LogP) is 2.51. The first-order valence-corrected chi connectivity index (χ1v) is 6.01. The van der Waals surface area contributed by atoms with E-state index in [2.05, 4.69) is 22.9 Å². The molecule has 1 heterocycles. The SMILES string of the molecule is Cc1nc(CNC(=O)c2ccccc2S)oc1C. The highest BCUT2D eigenvalue weighted by Gasteiger charge is 2.10. The highest BCUT2D eigenvalue weighted by molar-refractivity contribution is 7.80. The summed E-state index contributed by atoms with van der Waals surface area (Å²) in [6.45, 7) is 3.99. The predicted molar refractivity (Wildman–Crippen MR) is 70.8 cm³/mol. The first-order valence-electron chi connectivity index (χ1n) is 5.57. The fourth-order valence-electron chi connectivity index (χ4n) is 1.53. The van der Waals surface area contributed by atoms with E-state index in [4.69, 9.17) is 4.42 Å². The van der Waals surface area contributed by atoms with Crippen molar-refractivity contribution in [1.82, 2.24) is 10.3 Å². The summed E-state index contributed by atoms with van der Waals surface area (Å²) < 4.78 is 5.39. The van der Waals surface area contributed by atoms with Gasteiger partial charge in [0.25, 0.3) is 5.91 Å². The molecule has 0 bridgehead atoms. The Hall–Kier alpha value is -1.75. The monoisotopic (exact) mass is 262 g/mol. The zero-order valence-electron chi connectivity index (χ0n) is 10.2. The third kappa shape index (κ3) is 2.73. The van der Waals surface area contributed by atoms with Gasteiger partial charge in [0.05, 0.1) is 17.8 Å². The quantitative estimate of drug-likeness (QED) is 0.836. The van der Waals surface area contributed by atoms with Crippen LogP contribution >= 0.6 is 12.6 Å². The number of carbonyl (C=O) groups is 1. The Labute approximate surface area is 111 Å². The van der Waals surface area contributed by atoms with Gasteiger partial charge in [-0.2, -0.15) is 0 Å². The van der Waals surface area contributed by atoms with Crippen molar-refractivity contribution < 1.29 is 9.21 Å². The number of hydrogen-bond acceptors (Lipinski definition) is 4. The summed E-state index contributed by atoms with van der Waals surface area (Å²) in [7, 11) is 0. The molecular formula is C13H14N2O2S. The van der Waals surface area contributed by atoms with Gasteiger partial charge < -0.3 is 9.73 Å². The molecule has 2 aromatic rings. The van der Waals surface area contributed by atoms with Gasteiger partial charge in [-0.15, -0.1) is 12.6 Å². The van der Waals surface area contributed by atoms with Crippen LogP contribution in [0.5, 0.6) is 0 Å². The first kappa shape index (κ1) is 12.7. The number of oxazole rings is 1. The number of aromatic nitrogens is 1. The van der Waals surface area contributed by atoms with Gasteiger partial charge in [0.15, 0.2) is 0 Å². The van der Waals surface area contributed by atoms with Crippen LogP contribution in [0.1, 0.15) is 27.7 Å². The molecule has 0 aliphatic carbocycles. The lowest BCUT2D eigenvalue weighted by molar-refractivity contribution is 0.0944. The maximum absolute atomic E-state index is 11.9. The molecule has 0 aliphatic heterocycles. The Bertz CT molecular complexity index is 559. The fraction of sp³-hybridized carbons (Fsp3) is 0.231. The number of carbonyl (C=O) groups excluding carboxylic acids is 1. The minimum atomic E-state index is -0.186. The highest BCUT2D eigenvalue weighted by Crippen LogP contribution is 2.13. The van der Waals surface area contributed by atoms with Crippen LogP contribution in [-0.4, -0.2) is 10.9 Å². The lowest BCUT2D eigenvalue weighted by atomic mass is 10.2. The second-order valence-electron chi connectivity index (χ2n) is 3.95. The van der Waals surface area contributed by atoms with Gasteiger partial charge in [0.1, 0.15) is 5.76 Å². The van der Waals surface area contributed by atoms with Crippen LogP contribution in [0.15, 0.2) is 33.6 Å². The van der Waals surface area contributed by atoms with Gasteiger partial charge >= 0.3 is 0 Å². The van der Waals surface area contributed by atoms with Crippen LogP contribution in [0.4, 0.5) is 0 Å². The van der Waals surface area contributed by atoms with E-state index < -0.39 is 0 Å². The van der Waals surface area contributed by atoms with Crippen molar-refractivity contribution in [3.05, 3.63) is 47.2 Å². The molecule has 0 radical (unpaired) electrons. The number of benzene rings is 1. The van der Waals surface area contributed by atoms with Crippen molar-refractivity contribution in [3.8, 4) is 0 Å². The molecule has 1 amide bonds. The number of nitrogens with zero attached hydrogens (tertiary/aromatic N) is 1. The van der Waals surface area contributed by atoms with Gasteiger partial charge in [-0.05, 0) is 26.0 Å². The Morgan fingerprint density at radius 1 is 1.39 bits per heavy atom. The largest absolute Gasteiger partial charge is 0.444 e. The topological polar surface area (TPSA) is 55.1 Å². The molecule has 0 aliphatic rings. The Kier molecular flexibility index (Phi) is 3.72. The van der Waals surface area contributed by atoms with E-state index in [9.17, 15) is 4.79 Å². The molecule has 94 valence electrons. The Morgan fingerprint density at radius 3 is 2.72 bits per heavy atom. The van der Waals surface area contributed by atoms with Crippen molar-refractivity contribution in [1.29, 1.82) is 0 Å². The second kappa shape index (κ2) is 5.27. The van der Waals surface area contributed by atoms with Gasteiger partial charge in [-0.25, -0.2) is 4.98 Å². The molecule has 1 aromatic carbocycles. The number of nitrogens with one attached hydrogen (secondary N) is 1. The van der Waals surface area contributed by atoms with Crippen LogP contribution in [0, 0.1) is 13.8 Å². The van der Waals surface area contributed by atoms with Crippen molar-refractivity contribution in [2.45, 2.75) is 25.3 Å². The highest BCUT2D eigenvalue weighted by atomic mass is 32.1. The Balaban J connectivity index is 2.03. The molecule has 0 fully saturated rings. The Morgan fingerprint density at radius 2 is 2.11 bits per heavy atom. The molecule has 0 atom stereocenters. The van der Waals surface area contributed by atoms with E-state index >= 15 is 0 Å². The maximum atomic E-state index is 11.9. The molecule has 0 saturated heterocycles. The van der Waals surface area contributed by atoms with Crippen molar-refractivity contribution >= 4 is 18.5 Å². The summed E-state index contributed by atoms with van der Waals surface area (Å²) in [6.07, 6.45) is 0. The summed E-state index contributed by atoms with van der Waals surface area (Å²) in [5.74, 6) is 1.10. The van der Waals surface area contributed by atoms with Crippen LogP contribution in [-0.2, 0) is 6.54 Å². The van der Waals surface area contributed by atoms with Crippen molar-refractivity contribution in [2.75, 3.05) is 0 Å². The van der Waals surface area contributed by atoms with Crippen LogP contribution in [0.3, 0.4) is 0 Å². The average molecular weight is 262 g/mol. The number of aryl methyl sites for hydroxylation is 2. The third-order valence-corrected chi connectivity index (χ3v) is 3.01. The summed E-state index contributed by atoms with van der Waals surface area (Å²) in [5.41, 5.74) is 1.38. The maximum Gasteiger partial charge on any atom is 0.252 e. The molecule has 2 rings (SSSR count). The molecule has 0 unspecified atom stereocenters. The van der Waals surface area contributed by atoms with E-state index in [1.807, 2.05) is 19.9 Å². The van der Waals surface area contributed by atoms with E-state index in [1.54, 1.807) is 18.2 Å². The van der Waals surface area contributed by atoms with Crippen LogP contribution in [0.25, 0.3) is 0 Å². The van der Waals surface area contributed by atoms with Crippen LogP contribution in [0.2, 0.25) is 0 Å². The zero-order valence-corrected chi connectivity index (χ0v) is 11.1. The lowest BCUT2D eigenvalue weighted by Gasteiger charge is -2.04. The van der Waals surface area contributed by atoms with Crippen LogP contribution < -0.4 is 5.32 Å². The fourth-order valence-corrected chi connectivity index (χ4v) is 1.79. The van der Waals surface area contributed by atoms with E-state index in [0.29, 0.717) is 16.3 Å². The summed E-state index contributed by atoms with van der Waals surface area (Å²) in [6, 6.07) is 7.13. The number of hydrogen-bond donors (Lipinski definition) is 2. The van der Waals surface area contributed by atoms with E-state index in [0.717, 1.165) is 11.5 Å². The van der Waals surface area contributed by atoms with Crippen molar-refractivity contribution in [2.24, 2.45) is 0 Å². The van der Waals surface area contributed by atoms with Gasteiger partial charge in [-0.3, -0.25) is 4.79 Å². The average Bonchev–Trinajstić information content (AvgIpc) is 2.66. The zero-order chi connectivity index (χ0) is 13.1. The van der Waals surface area contributed by atoms with Gasteiger partial charge in [0, 0.05) is 4.90 Å². The number of rotatable bonds is 3. The first-order chi connectivity index (χ1) is 8.58. The van der Waals surface area contributed by atoms with Gasteiger partial charge in [-0.1, -0.05) is 12.1 Å². The summed E-state index contributed by atoms with van der Waals surface area (Å²) in [5, 5.41) is 2.75. The molecule has 4 nitrogen and oxygen atoms in total. The summed E-state index contributed by atoms with van der Waals surface area (Å²) >= 11 is 4.24. The molecule has 0 spiro atoms. The molecular weight excluding hydrogens is 248 g/mol. The minimum Gasteiger partial charge on any atom is -0.444 e. The molecule has 0 saturated carbocycles. The molecule has 1 aromatic heterocycles. The normalized spacial score (nSPS) is 10.4. The third-order valence-electron chi connectivity index (χ3n) is 2.62. The van der Waals surface area contributed by atoms with E-state index in [-0.39, 0.29) is 12.5 Å². The molecule has 18 heavy (non-hydrogen) atoms. The minimum absolute atomic E-state index is 0.186. The number of thiol groups is 1. The molecule has 5 heteroatoms. The summed E-state index contributed by atoms with van der Waals surface area (Å²) in [4.78, 5) is 16.7.